The standard InChI is InChI=1S/C36H23BrN4S.C24H16N4S.C12H6BrIO/c37-26-14-12-24(13-15-26)25-6-5-7-29(22-25)40(30-20-21-36-32(23-30)31-8-1-4-11-35(31)42-36)27-16-18-28(19-17-27)41-38-33-9-2-3-10-34(33)39-41;1-4-8-23-19(5-1)20-15-17(11-14-24(20)29-23)25-16-9-12-18(13-10-16)28-26-21-6-2-3-7-22(21)27-28;13-7-4-5-8-9-2-1-3-10(14)12(9)15-11(8)6-7/h1-23H;1-15,25H;1-6H. The van der Waals surface area contributed by atoms with Gasteiger partial charge in [0.05, 0.1) is 14.9 Å². The third-order valence-electron chi connectivity index (χ3n) is 15.0. The van der Waals surface area contributed by atoms with E-state index < -0.39 is 0 Å². The average Bonchev–Trinajstić information content (AvgIpc) is 3.28. The Hall–Kier alpha value is -9.03. The third-order valence-corrected chi connectivity index (χ3v) is 19.2. The van der Waals surface area contributed by atoms with Gasteiger partial charge in [-0.1, -0.05) is 129 Å². The summed E-state index contributed by atoms with van der Waals surface area (Å²) in [5.41, 5.74) is 15.0. The highest BCUT2D eigenvalue weighted by atomic mass is 127. The van der Waals surface area contributed by atoms with Crippen molar-refractivity contribution in [3.05, 3.63) is 279 Å². The van der Waals surface area contributed by atoms with Crippen molar-refractivity contribution in [2.75, 3.05) is 10.2 Å². The topological polar surface area (TPSA) is 89.8 Å². The molecule has 0 aliphatic rings. The van der Waals surface area contributed by atoms with Gasteiger partial charge in [0.1, 0.15) is 33.2 Å². The van der Waals surface area contributed by atoms with Crippen molar-refractivity contribution in [2.24, 2.45) is 0 Å². The first-order chi connectivity index (χ1) is 42.3. The first-order valence-electron chi connectivity index (χ1n) is 27.7. The summed E-state index contributed by atoms with van der Waals surface area (Å²) >= 11 is 13.0. The van der Waals surface area contributed by atoms with Gasteiger partial charge in [-0.25, -0.2) is 0 Å². The van der Waals surface area contributed by atoms with Gasteiger partial charge < -0.3 is 14.6 Å². The molecule has 0 spiro atoms. The third kappa shape index (κ3) is 10.7. The van der Waals surface area contributed by atoms with Crippen molar-refractivity contribution in [2.45, 2.75) is 0 Å². The Bertz CT molecular complexity index is 5280. The number of rotatable bonds is 8. The summed E-state index contributed by atoms with van der Waals surface area (Å²) in [5, 5.41) is 29.4. The maximum atomic E-state index is 5.83. The van der Waals surface area contributed by atoms with Crippen LogP contribution in [0.2, 0.25) is 0 Å². The van der Waals surface area contributed by atoms with Gasteiger partial charge in [-0.15, -0.1) is 43.1 Å². The zero-order chi connectivity index (χ0) is 57.7. The fourth-order valence-electron chi connectivity index (χ4n) is 10.8. The highest BCUT2D eigenvalue weighted by Crippen LogP contribution is 2.42. The molecule has 0 bridgehead atoms. The highest BCUT2D eigenvalue weighted by Gasteiger charge is 2.18. The van der Waals surface area contributed by atoms with Crippen LogP contribution in [0.4, 0.5) is 28.4 Å². The highest BCUT2D eigenvalue weighted by molar-refractivity contribution is 14.1. The summed E-state index contributed by atoms with van der Waals surface area (Å²) < 4.78 is 14.3. The van der Waals surface area contributed by atoms with Crippen LogP contribution in [0.3, 0.4) is 0 Å². The Morgan fingerprint density at radius 3 is 1.51 bits per heavy atom. The van der Waals surface area contributed by atoms with Crippen LogP contribution in [-0.2, 0) is 0 Å². The molecule has 412 valence electrons. The van der Waals surface area contributed by atoms with Crippen LogP contribution in [-0.4, -0.2) is 30.0 Å². The summed E-state index contributed by atoms with van der Waals surface area (Å²) in [5.74, 6) is 0. The number of anilines is 5. The maximum Gasteiger partial charge on any atom is 0.148 e. The van der Waals surface area contributed by atoms with Crippen molar-refractivity contribution < 1.29 is 4.42 Å². The van der Waals surface area contributed by atoms with Gasteiger partial charge in [0.25, 0.3) is 0 Å². The molecule has 86 heavy (non-hydrogen) atoms. The van der Waals surface area contributed by atoms with Crippen LogP contribution in [0.1, 0.15) is 0 Å². The Morgan fingerprint density at radius 1 is 0.372 bits per heavy atom. The molecule has 17 aromatic rings. The molecule has 0 atom stereocenters. The van der Waals surface area contributed by atoms with E-state index in [-0.39, 0.29) is 0 Å². The normalized spacial score (nSPS) is 11.4. The predicted molar refractivity (Wildman–Crippen MR) is 375 cm³/mol. The van der Waals surface area contributed by atoms with Crippen molar-refractivity contribution in [3.8, 4) is 22.5 Å². The van der Waals surface area contributed by atoms with E-state index >= 15 is 0 Å². The molecule has 0 saturated heterocycles. The van der Waals surface area contributed by atoms with Gasteiger partial charge in [-0.3, -0.25) is 0 Å². The Kier molecular flexibility index (Phi) is 14.4. The van der Waals surface area contributed by atoms with E-state index in [0.29, 0.717) is 0 Å². The molecule has 5 heterocycles. The van der Waals surface area contributed by atoms with Crippen molar-refractivity contribution in [3.63, 3.8) is 0 Å². The molecule has 17 rings (SSSR count). The number of para-hydroxylation sites is 1. The molecule has 12 aromatic carbocycles. The molecular formula is C72H45Br2IN8OS2. The fraction of sp³-hybridized carbons (Fsp3) is 0. The number of halogens is 3. The van der Waals surface area contributed by atoms with E-state index in [9.17, 15) is 0 Å². The molecule has 0 radical (unpaired) electrons. The number of nitrogens with one attached hydrogen (secondary N) is 1. The molecule has 0 aliphatic carbocycles. The van der Waals surface area contributed by atoms with E-state index in [1.54, 1.807) is 9.59 Å². The van der Waals surface area contributed by atoms with Gasteiger partial charge >= 0.3 is 0 Å². The minimum absolute atomic E-state index is 0.879. The first-order valence-corrected chi connectivity index (χ1v) is 32.0. The predicted octanol–water partition coefficient (Wildman–Crippen LogP) is 22.2. The van der Waals surface area contributed by atoms with Crippen molar-refractivity contribution in [1.82, 2.24) is 30.0 Å². The second kappa shape index (κ2) is 23.1. The number of benzene rings is 12. The molecule has 0 amide bonds. The van der Waals surface area contributed by atoms with Crippen LogP contribution >= 0.6 is 77.1 Å². The summed E-state index contributed by atoms with van der Waals surface area (Å²) in [6.45, 7) is 0. The Balaban J connectivity index is 0.000000122. The second-order valence-electron chi connectivity index (χ2n) is 20.5. The van der Waals surface area contributed by atoms with Gasteiger partial charge in [-0.05, 0) is 204 Å². The molecule has 0 aliphatic heterocycles. The van der Waals surface area contributed by atoms with Gasteiger partial charge in [0.2, 0.25) is 0 Å². The second-order valence-corrected chi connectivity index (χ2v) is 25.6. The van der Waals surface area contributed by atoms with Crippen molar-refractivity contribution in [1.29, 1.82) is 0 Å². The summed E-state index contributed by atoms with van der Waals surface area (Å²) in [6.07, 6.45) is 0. The van der Waals surface area contributed by atoms with E-state index in [2.05, 4.69) is 279 Å². The van der Waals surface area contributed by atoms with Crippen LogP contribution in [0, 0.1) is 3.57 Å². The summed E-state index contributed by atoms with van der Waals surface area (Å²) in [6, 6.07) is 92.5. The zero-order valence-corrected chi connectivity index (χ0v) is 52.4. The fourth-order valence-corrected chi connectivity index (χ4v) is 14.2. The zero-order valence-electron chi connectivity index (χ0n) is 45.4. The van der Waals surface area contributed by atoms with Crippen LogP contribution < -0.4 is 10.2 Å². The molecule has 5 aromatic heterocycles. The van der Waals surface area contributed by atoms with Gasteiger partial charge in [0, 0.05) is 88.5 Å². The van der Waals surface area contributed by atoms with Crippen LogP contribution in [0.15, 0.2) is 280 Å². The molecule has 9 nitrogen and oxygen atoms in total. The van der Waals surface area contributed by atoms with E-state index in [4.69, 9.17) is 4.42 Å². The lowest BCUT2D eigenvalue weighted by Gasteiger charge is -2.26. The van der Waals surface area contributed by atoms with E-state index in [1.807, 2.05) is 95.5 Å². The molecule has 1 N–H and O–H groups in total. The summed E-state index contributed by atoms with van der Waals surface area (Å²) in [7, 11) is 0. The monoisotopic (exact) mass is 1390 g/mol. The number of furan rings is 1. The van der Waals surface area contributed by atoms with Crippen LogP contribution in [0.5, 0.6) is 0 Å². The first kappa shape index (κ1) is 53.7. The van der Waals surface area contributed by atoms with Gasteiger partial charge in [0.15, 0.2) is 0 Å². The molecule has 0 unspecified atom stereocenters. The lowest BCUT2D eigenvalue weighted by atomic mass is 10.0. The number of thiophene rings is 2. The number of fused-ring (bicyclic) bond motifs is 11. The summed E-state index contributed by atoms with van der Waals surface area (Å²) in [4.78, 5) is 5.71. The van der Waals surface area contributed by atoms with Crippen molar-refractivity contribution >= 4 is 190 Å². The number of hydrogen-bond donors (Lipinski definition) is 1. The lowest BCUT2D eigenvalue weighted by Crippen LogP contribution is -2.10. The SMILES string of the molecule is Brc1ccc(-c2cccc(N(c3ccc(-n4nc5ccccc5n4)cc3)c3ccc4sc5ccccc5c4c3)c2)cc1.Brc1ccc2c(c1)oc1c(I)cccc12.c1ccc2nn(-c3ccc(Nc4ccc5sc6ccccc6c5c4)cc3)nc2c1. The number of nitrogens with zero attached hydrogens (tertiary/aromatic N) is 7. The minimum atomic E-state index is 0.879. The number of hydrogen-bond acceptors (Lipinski definition) is 9. The van der Waals surface area contributed by atoms with Crippen LogP contribution in [0.25, 0.3) is 107 Å². The minimum Gasteiger partial charge on any atom is -0.455 e. The quantitative estimate of drug-likeness (QED) is 0.152. The molecule has 14 heteroatoms. The average molecular weight is 1390 g/mol. The number of aromatic nitrogens is 6. The maximum absolute atomic E-state index is 5.83. The molecule has 0 fully saturated rings. The Morgan fingerprint density at radius 2 is 0.872 bits per heavy atom. The largest absolute Gasteiger partial charge is 0.455 e. The van der Waals surface area contributed by atoms with E-state index in [0.717, 1.165) is 91.1 Å². The smallest absolute Gasteiger partial charge is 0.148 e. The Labute approximate surface area is 531 Å². The lowest BCUT2D eigenvalue weighted by molar-refractivity contribution is 0.666. The molecule has 0 saturated carbocycles. The van der Waals surface area contributed by atoms with E-state index in [1.165, 1.54) is 56.7 Å². The molecular weight excluding hydrogens is 1340 g/mol. The van der Waals surface area contributed by atoms with Gasteiger partial charge in [-0.2, -0.15) is 9.59 Å².